The van der Waals surface area contributed by atoms with E-state index in [-0.39, 0.29) is 12.0 Å². The average molecular weight is 327 g/mol. The minimum Gasteiger partial charge on any atom is -0.492 e. The van der Waals surface area contributed by atoms with E-state index >= 15 is 0 Å². The molecule has 0 heterocycles. The number of hydrogen-bond acceptors (Lipinski definition) is 3. The summed E-state index contributed by atoms with van der Waals surface area (Å²) in [6, 6.07) is 14.6. The molecule has 0 unspecified atom stereocenters. The molecule has 0 radical (unpaired) electrons. The van der Waals surface area contributed by atoms with E-state index in [1.165, 1.54) is 0 Å². The Morgan fingerprint density at radius 2 is 1.67 bits per heavy atom. The van der Waals surface area contributed by atoms with Crippen molar-refractivity contribution in [3.8, 4) is 11.5 Å². The van der Waals surface area contributed by atoms with Crippen LogP contribution in [0.3, 0.4) is 0 Å². The molecule has 1 amide bonds. The van der Waals surface area contributed by atoms with Crippen LogP contribution in [0.1, 0.15) is 38.1 Å². The smallest absolute Gasteiger partial charge is 0.259 e. The summed E-state index contributed by atoms with van der Waals surface area (Å²) in [5, 5.41) is 2.89. The second kappa shape index (κ2) is 8.39. The van der Waals surface area contributed by atoms with Crippen LogP contribution in [-0.4, -0.2) is 18.6 Å². The third-order valence-corrected chi connectivity index (χ3v) is 3.19. The zero-order valence-corrected chi connectivity index (χ0v) is 14.7. The third-order valence-electron chi connectivity index (χ3n) is 3.19. The molecule has 0 aliphatic heterocycles. The lowest BCUT2D eigenvalue weighted by Gasteiger charge is -2.13. The number of benzene rings is 2. The molecule has 4 nitrogen and oxygen atoms in total. The SMILES string of the molecule is CC(C)COc1ccccc1C(=O)Nc1ccc(OC(C)C)cc1. The van der Waals surface area contributed by atoms with Crippen molar-refractivity contribution < 1.29 is 14.3 Å². The standard InChI is InChI=1S/C20H25NO3/c1-14(2)13-23-19-8-6-5-7-18(19)20(22)21-16-9-11-17(12-10-16)24-15(3)4/h5-12,14-15H,13H2,1-4H3,(H,21,22). The molecule has 0 aliphatic rings. The fourth-order valence-electron chi connectivity index (χ4n) is 2.12. The first-order valence-electron chi connectivity index (χ1n) is 8.25. The molecule has 2 aromatic carbocycles. The Hall–Kier alpha value is -2.49. The van der Waals surface area contributed by atoms with E-state index in [2.05, 4.69) is 19.2 Å². The van der Waals surface area contributed by atoms with Gasteiger partial charge in [0, 0.05) is 5.69 Å². The summed E-state index contributed by atoms with van der Waals surface area (Å²) in [5.41, 5.74) is 1.25. The van der Waals surface area contributed by atoms with Gasteiger partial charge in [-0.15, -0.1) is 0 Å². The van der Waals surface area contributed by atoms with Gasteiger partial charge in [-0.2, -0.15) is 0 Å². The molecule has 0 bridgehead atoms. The first-order valence-corrected chi connectivity index (χ1v) is 8.25. The van der Waals surface area contributed by atoms with Crippen molar-refractivity contribution >= 4 is 11.6 Å². The van der Waals surface area contributed by atoms with Crippen molar-refractivity contribution in [2.45, 2.75) is 33.8 Å². The van der Waals surface area contributed by atoms with E-state index in [9.17, 15) is 4.79 Å². The summed E-state index contributed by atoms with van der Waals surface area (Å²) in [6.45, 7) is 8.67. The van der Waals surface area contributed by atoms with Crippen molar-refractivity contribution in [3.05, 3.63) is 54.1 Å². The van der Waals surface area contributed by atoms with Crippen LogP contribution in [-0.2, 0) is 0 Å². The van der Waals surface area contributed by atoms with Gasteiger partial charge in [0.25, 0.3) is 5.91 Å². The maximum Gasteiger partial charge on any atom is 0.259 e. The Balaban J connectivity index is 2.07. The molecule has 2 rings (SSSR count). The largest absolute Gasteiger partial charge is 0.492 e. The number of para-hydroxylation sites is 1. The van der Waals surface area contributed by atoms with E-state index in [4.69, 9.17) is 9.47 Å². The first kappa shape index (κ1) is 17.9. The number of amides is 1. The van der Waals surface area contributed by atoms with Gasteiger partial charge in [0.2, 0.25) is 0 Å². The highest BCUT2D eigenvalue weighted by atomic mass is 16.5. The van der Waals surface area contributed by atoms with Crippen LogP contribution in [0.5, 0.6) is 11.5 Å². The van der Waals surface area contributed by atoms with E-state index in [0.717, 1.165) is 11.4 Å². The summed E-state index contributed by atoms with van der Waals surface area (Å²) in [6.07, 6.45) is 0.121. The van der Waals surface area contributed by atoms with Crippen LogP contribution in [0.25, 0.3) is 0 Å². The number of carbonyl (C=O) groups is 1. The lowest BCUT2D eigenvalue weighted by Crippen LogP contribution is -2.15. The zero-order valence-electron chi connectivity index (χ0n) is 14.7. The molecule has 0 aliphatic carbocycles. The molecule has 2 aromatic rings. The molecule has 4 heteroatoms. The molecule has 0 saturated carbocycles. The number of rotatable bonds is 7. The number of ether oxygens (including phenoxy) is 2. The highest BCUT2D eigenvalue weighted by Crippen LogP contribution is 2.22. The number of nitrogens with one attached hydrogen (secondary N) is 1. The van der Waals surface area contributed by atoms with Crippen molar-refractivity contribution in [1.29, 1.82) is 0 Å². The van der Waals surface area contributed by atoms with E-state index in [0.29, 0.717) is 23.8 Å². The number of hydrogen-bond donors (Lipinski definition) is 1. The highest BCUT2D eigenvalue weighted by molar-refractivity contribution is 6.06. The molecule has 0 saturated heterocycles. The summed E-state index contributed by atoms with van der Waals surface area (Å²) >= 11 is 0. The van der Waals surface area contributed by atoms with Gasteiger partial charge in [0.15, 0.2) is 0 Å². The third kappa shape index (κ3) is 5.30. The summed E-state index contributed by atoms with van der Waals surface area (Å²) < 4.78 is 11.3. The van der Waals surface area contributed by atoms with Gasteiger partial charge in [0.05, 0.1) is 18.3 Å². The van der Waals surface area contributed by atoms with Crippen LogP contribution >= 0.6 is 0 Å². The molecule has 0 aromatic heterocycles. The van der Waals surface area contributed by atoms with Gasteiger partial charge >= 0.3 is 0 Å². The normalized spacial score (nSPS) is 10.8. The highest BCUT2D eigenvalue weighted by Gasteiger charge is 2.13. The van der Waals surface area contributed by atoms with Crippen molar-refractivity contribution in [2.24, 2.45) is 5.92 Å². The maximum absolute atomic E-state index is 12.5. The fourth-order valence-corrected chi connectivity index (χ4v) is 2.12. The van der Waals surface area contributed by atoms with Crippen molar-refractivity contribution in [1.82, 2.24) is 0 Å². The molecular formula is C20H25NO3. The van der Waals surface area contributed by atoms with E-state index in [1.54, 1.807) is 6.07 Å². The molecule has 1 N–H and O–H groups in total. The van der Waals surface area contributed by atoms with Gasteiger partial charge in [0.1, 0.15) is 11.5 Å². The molecular weight excluding hydrogens is 302 g/mol. The summed E-state index contributed by atoms with van der Waals surface area (Å²) in [5.74, 6) is 1.59. The summed E-state index contributed by atoms with van der Waals surface area (Å²) in [4.78, 5) is 12.5. The molecule has 128 valence electrons. The topological polar surface area (TPSA) is 47.6 Å². The second-order valence-electron chi connectivity index (χ2n) is 6.35. The van der Waals surface area contributed by atoms with Gasteiger partial charge < -0.3 is 14.8 Å². The van der Waals surface area contributed by atoms with Gasteiger partial charge in [-0.05, 0) is 56.2 Å². The van der Waals surface area contributed by atoms with Crippen LogP contribution < -0.4 is 14.8 Å². The summed E-state index contributed by atoms with van der Waals surface area (Å²) in [7, 11) is 0. The quantitative estimate of drug-likeness (QED) is 0.797. The van der Waals surface area contributed by atoms with E-state index in [1.807, 2.05) is 56.3 Å². The fraction of sp³-hybridized carbons (Fsp3) is 0.350. The van der Waals surface area contributed by atoms with Gasteiger partial charge in [-0.25, -0.2) is 0 Å². The van der Waals surface area contributed by atoms with Gasteiger partial charge in [-0.1, -0.05) is 26.0 Å². The minimum atomic E-state index is -0.188. The molecule has 0 spiro atoms. The Kier molecular flexibility index (Phi) is 6.24. The Labute approximate surface area is 143 Å². The minimum absolute atomic E-state index is 0.121. The monoisotopic (exact) mass is 327 g/mol. The predicted molar refractivity (Wildman–Crippen MR) is 96.9 cm³/mol. The Morgan fingerprint density at radius 3 is 2.29 bits per heavy atom. The van der Waals surface area contributed by atoms with Crippen LogP contribution in [0.2, 0.25) is 0 Å². The molecule has 0 atom stereocenters. The van der Waals surface area contributed by atoms with Crippen LogP contribution in [0.4, 0.5) is 5.69 Å². The van der Waals surface area contributed by atoms with Crippen LogP contribution in [0.15, 0.2) is 48.5 Å². The first-order chi connectivity index (χ1) is 11.5. The van der Waals surface area contributed by atoms with E-state index < -0.39 is 0 Å². The van der Waals surface area contributed by atoms with Crippen molar-refractivity contribution in [2.75, 3.05) is 11.9 Å². The molecule has 0 fully saturated rings. The Morgan fingerprint density at radius 1 is 1.00 bits per heavy atom. The molecule has 24 heavy (non-hydrogen) atoms. The second-order valence-corrected chi connectivity index (χ2v) is 6.35. The maximum atomic E-state index is 12.5. The lowest BCUT2D eigenvalue weighted by molar-refractivity contribution is 0.102. The lowest BCUT2D eigenvalue weighted by atomic mass is 10.1. The number of anilines is 1. The average Bonchev–Trinajstić information content (AvgIpc) is 2.54. The zero-order chi connectivity index (χ0) is 17.5. The predicted octanol–water partition coefficient (Wildman–Crippen LogP) is 4.76. The van der Waals surface area contributed by atoms with Gasteiger partial charge in [-0.3, -0.25) is 4.79 Å². The number of carbonyl (C=O) groups excluding carboxylic acids is 1. The van der Waals surface area contributed by atoms with Crippen LogP contribution in [0, 0.1) is 5.92 Å². The Bertz CT molecular complexity index is 663. The van der Waals surface area contributed by atoms with Crippen molar-refractivity contribution in [3.63, 3.8) is 0 Å².